The Morgan fingerprint density at radius 3 is 2.64 bits per heavy atom. The summed E-state index contributed by atoms with van der Waals surface area (Å²) in [6.45, 7) is -0.114. The van der Waals surface area contributed by atoms with E-state index in [0.29, 0.717) is 0 Å². The molecule has 1 heterocycles. The molecule has 0 atom stereocenters. The minimum absolute atomic E-state index is 0.114. The minimum Gasteiger partial charge on any atom is -0.503 e. The van der Waals surface area contributed by atoms with Crippen LogP contribution in [0.15, 0.2) is 23.1 Å². The lowest BCUT2D eigenvalue weighted by atomic mass is 10.4. The van der Waals surface area contributed by atoms with E-state index in [1.807, 2.05) is 0 Å². The van der Waals surface area contributed by atoms with E-state index < -0.39 is 25.1 Å². The van der Waals surface area contributed by atoms with Crippen LogP contribution in [-0.4, -0.2) is 25.6 Å². The van der Waals surface area contributed by atoms with E-state index in [1.165, 1.54) is 18.3 Å². The Bertz CT molecular complexity index is 420. The van der Waals surface area contributed by atoms with Crippen molar-refractivity contribution in [2.75, 3.05) is 6.16 Å². The van der Waals surface area contributed by atoms with Crippen molar-refractivity contribution >= 4 is 7.60 Å². The number of aromatic nitrogens is 1. The Labute approximate surface area is 79.6 Å². The third-order valence-electron chi connectivity index (χ3n) is 1.63. The van der Waals surface area contributed by atoms with Crippen LogP contribution in [0.4, 0.5) is 0 Å². The van der Waals surface area contributed by atoms with Crippen molar-refractivity contribution in [2.24, 2.45) is 0 Å². The van der Waals surface area contributed by atoms with Crippen LogP contribution < -0.4 is 5.56 Å². The highest BCUT2D eigenvalue weighted by molar-refractivity contribution is 7.51. The van der Waals surface area contributed by atoms with Gasteiger partial charge in [-0.2, -0.15) is 0 Å². The molecule has 1 aromatic heterocycles. The molecule has 0 amide bonds. The molecule has 3 N–H and O–H groups in total. The highest BCUT2D eigenvalue weighted by Gasteiger charge is 2.13. The Kier molecular flexibility index (Phi) is 3.10. The molecule has 0 saturated carbocycles. The van der Waals surface area contributed by atoms with Crippen LogP contribution >= 0.6 is 7.60 Å². The molecule has 0 aliphatic carbocycles. The van der Waals surface area contributed by atoms with E-state index in [1.54, 1.807) is 0 Å². The molecule has 14 heavy (non-hydrogen) atoms. The molecule has 1 aromatic rings. The zero-order valence-corrected chi connectivity index (χ0v) is 8.09. The van der Waals surface area contributed by atoms with Gasteiger partial charge in [-0.15, -0.1) is 0 Å². The van der Waals surface area contributed by atoms with Crippen molar-refractivity contribution < 1.29 is 19.5 Å². The maximum absolute atomic E-state index is 11.1. The van der Waals surface area contributed by atoms with Gasteiger partial charge < -0.3 is 19.5 Å². The fourth-order valence-corrected chi connectivity index (χ4v) is 1.41. The van der Waals surface area contributed by atoms with Crippen LogP contribution in [-0.2, 0) is 11.1 Å². The van der Waals surface area contributed by atoms with Gasteiger partial charge in [0.25, 0.3) is 5.56 Å². The molecule has 0 fully saturated rings. The molecule has 7 heteroatoms. The lowest BCUT2D eigenvalue weighted by Crippen LogP contribution is -2.20. The van der Waals surface area contributed by atoms with Crippen LogP contribution in [0.25, 0.3) is 0 Å². The van der Waals surface area contributed by atoms with E-state index in [4.69, 9.17) is 14.9 Å². The van der Waals surface area contributed by atoms with Gasteiger partial charge in [0.05, 0.1) is 6.16 Å². The molecule has 0 aliphatic rings. The van der Waals surface area contributed by atoms with E-state index >= 15 is 0 Å². The zero-order chi connectivity index (χ0) is 10.8. The Hall–Kier alpha value is -1.10. The summed E-state index contributed by atoms with van der Waals surface area (Å²) in [5, 5.41) is 9.00. The van der Waals surface area contributed by atoms with Crippen molar-refractivity contribution in [3.63, 3.8) is 0 Å². The van der Waals surface area contributed by atoms with Crippen LogP contribution in [0, 0.1) is 0 Å². The largest absolute Gasteiger partial charge is 0.503 e. The molecule has 6 nitrogen and oxygen atoms in total. The maximum atomic E-state index is 11.1. The topological polar surface area (TPSA) is 99.8 Å². The van der Waals surface area contributed by atoms with E-state index in [0.717, 1.165) is 4.57 Å². The van der Waals surface area contributed by atoms with Crippen LogP contribution in [0.5, 0.6) is 5.75 Å². The quantitative estimate of drug-likeness (QED) is 0.607. The Balaban J connectivity index is 2.84. The fourth-order valence-electron chi connectivity index (χ4n) is 0.938. The number of aryl methyl sites for hydroxylation is 1. The van der Waals surface area contributed by atoms with Crippen LogP contribution in [0.1, 0.15) is 0 Å². The molecule has 0 bridgehead atoms. The van der Waals surface area contributed by atoms with Gasteiger partial charge in [0, 0.05) is 12.7 Å². The van der Waals surface area contributed by atoms with Crippen LogP contribution in [0.2, 0.25) is 0 Å². The molecular weight excluding hydrogens is 209 g/mol. The standard InChI is InChI=1S/C7H10NO5P/c9-6-2-1-3-8(7(6)10)4-5-14(11,12)13/h1-3,9H,4-5H2,(H2,11,12,13). The number of pyridine rings is 1. The number of aromatic hydroxyl groups is 1. The molecule has 0 spiro atoms. The van der Waals surface area contributed by atoms with Crippen molar-refractivity contribution in [1.29, 1.82) is 0 Å². The Morgan fingerprint density at radius 2 is 2.07 bits per heavy atom. The second-order valence-corrected chi connectivity index (χ2v) is 4.56. The van der Waals surface area contributed by atoms with E-state index in [2.05, 4.69) is 0 Å². The van der Waals surface area contributed by atoms with Gasteiger partial charge in [-0.3, -0.25) is 9.36 Å². The van der Waals surface area contributed by atoms with Gasteiger partial charge in [-0.25, -0.2) is 0 Å². The highest BCUT2D eigenvalue weighted by atomic mass is 31.2. The number of rotatable bonds is 3. The second kappa shape index (κ2) is 3.96. The van der Waals surface area contributed by atoms with Crippen LogP contribution in [0.3, 0.4) is 0 Å². The molecule has 78 valence electrons. The summed E-state index contributed by atoms with van der Waals surface area (Å²) in [5.74, 6) is -0.432. The predicted molar refractivity (Wildman–Crippen MR) is 49.3 cm³/mol. The zero-order valence-electron chi connectivity index (χ0n) is 7.20. The fraction of sp³-hybridized carbons (Fsp3) is 0.286. The third kappa shape index (κ3) is 2.99. The van der Waals surface area contributed by atoms with E-state index in [-0.39, 0.29) is 6.54 Å². The van der Waals surface area contributed by atoms with Crippen molar-refractivity contribution in [1.82, 2.24) is 4.57 Å². The van der Waals surface area contributed by atoms with Gasteiger partial charge in [-0.05, 0) is 12.1 Å². The molecule has 0 radical (unpaired) electrons. The summed E-state index contributed by atoms with van der Waals surface area (Å²) >= 11 is 0. The lowest BCUT2D eigenvalue weighted by Gasteiger charge is -2.06. The number of nitrogens with zero attached hydrogens (tertiary/aromatic N) is 1. The first-order valence-electron chi connectivity index (χ1n) is 3.83. The maximum Gasteiger partial charge on any atom is 0.327 e. The first-order valence-corrected chi connectivity index (χ1v) is 5.63. The molecule has 0 aliphatic heterocycles. The van der Waals surface area contributed by atoms with Gasteiger partial charge in [0.15, 0.2) is 5.75 Å². The molecule has 0 unspecified atom stereocenters. The number of hydrogen-bond acceptors (Lipinski definition) is 3. The highest BCUT2D eigenvalue weighted by Crippen LogP contribution is 2.33. The van der Waals surface area contributed by atoms with Gasteiger partial charge in [0.1, 0.15) is 0 Å². The average Bonchev–Trinajstić information content (AvgIpc) is 2.06. The van der Waals surface area contributed by atoms with Gasteiger partial charge >= 0.3 is 7.60 Å². The first kappa shape index (κ1) is 11.0. The van der Waals surface area contributed by atoms with E-state index in [9.17, 15) is 9.36 Å². The summed E-state index contributed by atoms with van der Waals surface area (Å²) in [6.07, 6.45) is 0.939. The lowest BCUT2D eigenvalue weighted by molar-refractivity contribution is 0.369. The normalized spacial score (nSPS) is 11.6. The summed E-state index contributed by atoms with van der Waals surface area (Å²) < 4.78 is 11.6. The summed E-state index contributed by atoms with van der Waals surface area (Å²) in [4.78, 5) is 28.3. The second-order valence-electron chi connectivity index (χ2n) is 2.78. The molecule has 1 rings (SSSR count). The first-order chi connectivity index (χ1) is 6.40. The summed E-state index contributed by atoms with van der Waals surface area (Å²) in [7, 11) is -4.11. The monoisotopic (exact) mass is 219 g/mol. The van der Waals surface area contributed by atoms with Gasteiger partial charge in [0.2, 0.25) is 0 Å². The SMILES string of the molecule is O=c1c(O)cccn1CCP(=O)(O)O. The molecular formula is C7H10NO5P. The Morgan fingerprint density at radius 1 is 1.43 bits per heavy atom. The predicted octanol–water partition coefficient (Wildman–Crippen LogP) is -0.268. The summed E-state index contributed by atoms with van der Waals surface area (Å²) in [5.41, 5.74) is -0.652. The molecule has 0 saturated heterocycles. The number of hydrogen-bond donors (Lipinski definition) is 3. The molecule has 0 aromatic carbocycles. The smallest absolute Gasteiger partial charge is 0.327 e. The summed E-state index contributed by atoms with van der Waals surface area (Å²) in [6, 6.07) is 2.65. The minimum atomic E-state index is -4.11. The van der Waals surface area contributed by atoms with Crippen molar-refractivity contribution in [3.05, 3.63) is 28.7 Å². The van der Waals surface area contributed by atoms with Crippen molar-refractivity contribution in [3.8, 4) is 5.75 Å². The van der Waals surface area contributed by atoms with Crippen molar-refractivity contribution in [2.45, 2.75) is 6.54 Å². The van der Waals surface area contributed by atoms with Gasteiger partial charge in [-0.1, -0.05) is 0 Å². The average molecular weight is 219 g/mol. The third-order valence-corrected chi connectivity index (χ3v) is 2.41.